The van der Waals surface area contributed by atoms with Gasteiger partial charge < -0.3 is 9.47 Å². The van der Waals surface area contributed by atoms with Gasteiger partial charge in [0.1, 0.15) is 0 Å². The van der Waals surface area contributed by atoms with Crippen LogP contribution >= 0.6 is 0 Å². The van der Waals surface area contributed by atoms with Gasteiger partial charge in [0.2, 0.25) is 0 Å². The van der Waals surface area contributed by atoms with E-state index in [1.165, 1.54) is 13.8 Å². The zero-order valence-corrected chi connectivity index (χ0v) is 6.48. The van der Waals surface area contributed by atoms with Crippen LogP contribution in [0.3, 0.4) is 0 Å². The minimum Gasteiger partial charge on any atom is -0.311 e. The smallest absolute Gasteiger partial charge is 0.311 e. The highest BCUT2D eigenvalue weighted by atomic mass is 19.4. The van der Waals surface area contributed by atoms with Gasteiger partial charge in [-0.2, -0.15) is 17.6 Å². The molecule has 1 heterocycles. The van der Waals surface area contributed by atoms with Crippen LogP contribution in [0, 0.1) is 0 Å². The standard InChI is InChI=1S/C6H8F4O2/c1-3-4(2)12-6(10,11-3)5(7,8)9/h3-4H,1-2H3. The Morgan fingerprint density at radius 1 is 1.08 bits per heavy atom. The third kappa shape index (κ3) is 1.40. The number of halogens is 4. The lowest BCUT2D eigenvalue weighted by molar-refractivity contribution is -0.409. The second kappa shape index (κ2) is 2.56. The maximum atomic E-state index is 12.8. The first-order valence-corrected chi connectivity index (χ1v) is 3.37. The molecule has 12 heavy (non-hydrogen) atoms. The van der Waals surface area contributed by atoms with Crippen molar-refractivity contribution in [3.63, 3.8) is 0 Å². The first kappa shape index (κ1) is 9.73. The van der Waals surface area contributed by atoms with Gasteiger partial charge in [-0.1, -0.05) is 0 Å². The molecular formula is C6H8F4O2. The molecule has 0 amide bonds. The Morgan fingerprint density at radius 3 is 1.58 bits per heavy atom. The monoisotopic (exact) mass is 188 g/mol. The van der Waals surface area contributed by atoms with Gasteiger partial charge in [-0.3, -0.25) is 0 Å². The summed E-state index contributed by atoms with van der Waals surface area (Å²) in [6.07, 6.45) is -6.92. The Balaban J connectivity index is 2.77. The van der Waals surface area contributed by atoms with Crippen molar-refractivity contribution in [2.75, 3.05) is 0 Å². The van der Waals surface area contributed by atoms with Crippen LogP contribution in [0.2, 0.25) is 0 Å². The van der Waals surface area contributed by atoms with E-state index in [1.807, 2.05) is 0 Å². The topological polar surface area (TPSA) is 18.5 Å². The molecule has 2 atom stereocenters. The van der Waals surface area contributed by atoms with E-state index in [0.29, 0.717) is 0 Å². The summed E-state index contributed by atoms with van der Waals surface area (Å²) in [5.41, 5.74) is 0. The van der Waals surface area contributed by atoms with Gasteiger partial charge in [-0.15, -0.1) is 0 Å². The van der Waals surface area contributed by atoms with Crippen molar-refractivity contribution in [1.82, 2.24) is 0 Å². The van der Waals surface area contributed by atoms with E-state index in [2.05, 4.69) is 9.47 Å². The number of rotatable bonds is 0. The van der Waals surface area contributed by atoms with Gasteiger partial charge in [0, 0.05) is 0 Å². The quantitative estimate of drug-likeness (QED) is 0.541. The van der Waals surface area contributed by atoms with Crippen LogP contribution < -0.4 is 0 Å². The highest BCUT2D eigenvalue weighted by Gasteiger charge is 2.65. The van der Waals surface area contributed by atoms with Crippen molar-refractivity contribution < 1.29 is 27.0 Å². The minimum atomic E-state index is -5.13. The Bertz CT molecular complexity index is 169. The fraction of sp³-hybridized carbons (Fsp3) is 1.00. The third-order valence-corrected chi connectivity index (χ3v) is 1.67. The van der Waals surface area contributed by atoms with Crippen LogP contribution in [-0.4, -0.2) is 24.4 Å². The maximum absolute atomic E-state index is 12.8. The molecule has 0 N–H and O–H groups in total. The van der Waals surface area contributed by atoms with E-state index >= 15 is 0 Å². The van der Waals surface area contributed by atoms with Crippen LogP contribution in [0.15, 0.2) is 0 Å². The molecule has 0 spiro atoms. The summed E-state index contributed by atoms with van der Waals surface area (Å²) >= 11 is 0. The molecule has 0 aromatic heterocycles. The van der Waals surface area contributed by atoms with Crippen LogP contribution in [-0.2, 0) is 9.47 Å². The molecule has 0 aliphatic carbocycles. The predicted octanol–water partition coefficient (Wildman–Crippen LogP) is 2.00. The first-order valence-electron chi connectivity index (χ1n) is 3.37. The lowest BCUT2D eigenvalue weighted by Gasteiger charge is -2.20. The van der Waals surface area contributed by atoms with E-state index in [4.69, 9.17) is 0 Å². The van der Waals surface area contributed by atoms with E-state index in [1.54, 1.807) is 0 Å². The normalized spacial score (nSPS) is 43.5. The summed E-state index contributed by atoms with van der Waals surface area (Å²) in [6.45, 7) is 2.63. The lowest BCUT2D eigenvalue weighted by atomic mass is 10.3. The molecular weight excluding hydrogens is 180 g/mol. The first-order chi connectivity index (χ1) is 5.26. The zero-order valence-electron chi connectivity index (χ0n) is 6.48. The summed E-state index contributed by atoms with van der Waals surface area (Å²) in [5, 5.41) is 0. The van der Waals surface area contributed by atoms with E-state index in [0.717, 1.165) is 0 Å². The van der Waals surface area contributed by atoms with Crippen LogP contribution in [0.25, 0.3) is 0 Å². The molecule has 0 aromatic carbocycles. The van der Waals surface area contributed by atoms with Crippen molar-refractivity contribution in [2.24, 2.45) is 0 Å². The summed E-state index contributed by atoms with van der Waals surface area (Å²) in [4.78, 5) is 0. The Hall–Kier alpha value is -0.360. The van der Waals surface area contributed by atoms with Crippen molar-refractivity contribution in [3.05, 3.63) is 0 Å². The fourth-order valence-electron chi connectivity index (χ4n) is 0.831. The zero-order chi connectivity index (χ0) is 9.57. The van der Waals surface area contributed by atoms with Gasteiger partial charge in [0.25, 0.3) is 0 Å². The predicted molar refractivity (Wildman–Crippen MR) is 31.0 cm³/mol. The lowest BCUT2D eigenvalue weighted by Crippen LogP contribution is -2.42. The third-order valence-electron chi connectivity index (χ3n) is 1.67. The largest absolute Gasteiger partial charge is 0.478 e. The van der Waals surface area contributed by atoms with Crippen molar-refractivity contribution in [3.8, 4) is 0 Å². The van der Waals surface area contributed by atoms with Gasteiger partial charge in [0.15, 0.2) is 0 Å². The second-order valence-corrected chi connectivity index (χ2v) is 2.68. The number of ether oxygens (including phenoxy) is 2. The summed E-state index contributed by atoms with van der Waals surface area (Å²) in [7, 11) is 0. The molecule has 1 aliphatic heterocycles. The maximum Gasteiger partial charge on any atom is 0.478 e. The van der Waals surface area contributed by atoms with Gasteiger partial charge in [-0.05, 0) is 13.8 Å². The molecule has 2 nitrogen and oxygen atoms in total. The van der Waals surface area contributed by atoms with E-state index in [9.17, 15) is 17.6 Å². The number of hydrogen-bond donors (Lipinski definition) is 0. The average molecular weight is 188 g/mol. The number of alkyl halides is 4. The van der Waals surface area contributed by atoms with Gasteiger partial charge in [0.05, 0.1) is 12.2 Å². The summed E-state index contributed by atoms with van der Waals surface area (Å²) in [6, 6.07) is -3.92. The van der Waals surface area contributed by atoms with Gasteiger partial charge in [-0.25, -0.2) is 0 Å². The molecule has 0 bridgehead atoms. The molecule has 0 saturated carbocycles. The van der Waals surface area contributed by atoms with Gasteiger partial charge >= 0.3 is 12.2 Å². The summed E-state index contributed by atoms with van der Waals surface area (Å²) in [5.74, 6) is 0. The highest BCUT2D eigenvalue weighted by Crippen LogP contribution is 2.42. The van der Waals surface area contributed by atoms with Crippen LogP contribution in [0.5, 0.6) is 0 Å². The highest BCUT2D eigenvalue weighted by molar-refractivity contribution is 4.79. The molecule has 1 rings (SSSR count). The Morgan fingerprint density at radius 2 is 1.42 bits per heavy atom. The molecule has 2 unspecified atom stereocenters. The van der Waals surface area contributed by atoms with E-state index < -0.39 is 24.4 Å². The molecule has 72 valence electrons. The molecule has 6 heteroatoms. The molecule has 0 radical (unpaired) electrons. The second-order valence-electron chi connectivity index (χ2n) is 2.68. The SMILES string of the molecule is CC1OC(F)(C(F)(F)F)OC1C. The van der Waals surface area contributed by atoms with Crippen molar-refractivity contribution in [1.29, 1.82) is 0 Å². The van der Waals surface area contributed by atoms with Crippen molar-refractivity contribution >= 4 is 0 Å². The molecule has 1 fully saturated rings. The van der Waals surface area contributed by atoms with E-state index in [-0.39, 0.29) is 0 Å². The molecule has 1 aliphatic rings. The van der Waals surface area contributed by atoms with Crippen molar-refractivity contribution in [2.45, 2.75) is 38.3 Å². The number of hydrogen-bond acceptors (Lipinski definition) is 2. The fourth-order valence-corrected chi connectivity index (χ4v) is 0.831. The molecule has 0 aromatic rings. The van der Waals surface area contributed by atoms with Crippen LogP contribution in [0.4, 0.5) is 17.6 Å². The Labute approximate surface area is 66.4 Å². The Kier molecular flexibility index (Phi) is 2.08. The minimum absolute atomic E-state index is 0.892. The molecule has 1 saturated heterocycles. The summed E-state index contributed by atoms with van der Waals surface area (Å²) < 4.78 is 56.4. The average Bonchev–Trinajstić information content (AvgIpc) is 2.06. The van der Waals surface area contributed by atoms with Crippen LogP contribution in [0.1, 0.15) is 13.8 Å².